The second kappa shape index (κ2) is 7.84. The van der Waals surface area contributed by atoms with E-state index < -0.39 is 0 Å². The number of aryl methyl sites for hydroxylation is 1. The lowest BCUT2D eigenvalue weighted by Gasteiger charge is -2.16. The number of nitrogens with one attached hydrogen (secondary N) is 1. The molecule has 0 fully saturated rings. The maximum absolute atomic E-state index is 5.83. The van der Waals surface area contributed by atoms with E-state index >= 15 is 0 Å². The molecule has 0 bridgehead atoms. The predicted octanol–water partition coefficient (Wildman–Crippen LogP) is 4.15. The number of rotatable bonds is 8. The van der Waals surface area contributed by atoms with Gasteiger partial charge in [0.15, 0.2) is 5.75 Å². The Kier molecular flexibility index (Phi) is 5.81. The van der Waals surface area contributed by atoms with Gasteiger partial charge in [-0.25, -0.2) is 0 Å². The fourth-order valence-corrected chi connectivity index (χ4v) is 2.40. The van der Waals surface area contributed by atoms with E-state index in [1.807, 2.05) is 23.0 Å². The summed E-state index contributed by atoms with van der Waals surface area (Å²) in [5, 5.41) is 7.75. The first-order chi connectivity index (χ1) is 10.3. The first-order valence-corrected chi connectivity index (χ1v) is 7.80. The normalized spacial score (nSPS) is 12.3. The van der Waals surface area contributed by atoms with Crippen LogP contribution in [0, 0.1) is 0 Å². The molecule has 0 radical (unpaired) electrons. The Morgan fingerprint density at radius 1 is 1.14 bits per heavy atom. The summed E-state index contributed by atoms with van der Waals surface area (Å²) in [5.41, 5.74) is 1.30. The van der Waals surface area contributed by atoms with Crippen molar-refractivity contribution in [3.05, 3.63) is 42.2 Å². The summed E-state index contributed by atoms with van der Waals surface area (Å²) in [5.74, 6) is 1.64. The summed E-state index contributed by atoms with van der Waals surface area (Å²) < 4.78 is 7.73. The van der Waals surface area contributed by atoms with Crippen LogP contribution in [0.15, 0.2) is 36.7 Å². The third-order valence-corrected chi connectivity index (χ3v) is 3.44. The van der Waals surface area contributed by atoms with Crippen molar-refractivity contribution in [1.82, 2.24) is 15.1 Å². The number of hydrogen-bond acceptors (Lipinski definition) is 3. The van der Waals surface area contributed by atoms with E-state index in [-0.39, 0.29) is 0 Å². The molecule has 1 atom stereocenters. The van der Waals surface area contributed by atoms with Crippen molar-refractivity contribution in [2.75, 3.05) is 6.54 Å². The molecule has 0 spiro atoms. The van der Waals surface area contributed by atoms with Gasteiger partial charge < -0.3 is 10.1 Å². The van der Waals surface area contributed by atoms with Crippen LogP contribution in [0.4, 0.5) is 0 Å². The van der Waals surface area contributed by atoms with Crippen molar-refractivity contribution in [2.45, 2.75) is 46.2 Å². The zero-order valence-electron chi connectivity index (χ0n) is 13.2. The molecule has 1 heterocycles. The Hall–Kier alpha value is -1.81. The van der Waals surface area contributed by atoms with Crippen LogP contribution in [-0.2, 0) is 6.54 Å². The van der Waals surface area contributed by atoms with Crippen molar-refractivity contribution < 1.29 is 4.74 Å². The van der Waals surface area contributed by atoms with Gasteiger partial charge in [-0.15, -0.1) is 0 Å². The third kappa shape index (κ3) is 4.33. The van der Waals surface area contributed by atoms with Crippen molar-refractivity contribution in [2.24, 2.45) is 0 Å². The van der Waals surface area contributed by atoms with E-state index in [4.69, 9.17) is 4.74 Å². The highest BCUT2D eigenvalue weighted by Gasteiger charge is 2.08. The zero-order chi connectivity index (χ0) is 15.1. The highest BCUT2D eigenvalue weighted by Crippen LogP contribution is 2.24. The Bertz CT molecular complexity index is 533. The average Bonchev–Trinajstić information content (AvgIpc) is 2.93. The molecule has 1 unspecified atom stereocenters. The summed E-state index contributed by atoms with van der Waals surface area (Å²) >= 11 is 0. The zero-order valence-corrected chi connectivity index (χ0v) is 13.2. The highest BCUT2D eigenvalue weighted by molar-refractivity contribution is 5.32. The van der Waals surface area contributed by atoms with Gasteiger partial charge in [0.2, 0.25) is 0 Å². The number of aromatic nitrogens is 2. The number of hydrogen-bond donors (Lipinski definition) is 1. The Balaban J connectivity index is 2.01. The standard InChI is InChI=1S/C17H25N3O/c1-4-11-20-13-16(12-19-20)21-15-9-7-14(8-10-15)17(5-2)18-6-3/h7-10,12-13,17-18H,4-6,11H2,1-3H3. The number of nitrogens with zero attached hydrogens (tertiary/aromatic N) is 2. The summed E-state index contributed by atoms with van der Waals surface area (Å²) in [6.07, 6.45) is 5.85. The molecule has 4 heteroatoms. The maximum Gasteiger partial charge on any atom is 0.165 e. The van der Waals surface area contributed by atoms with Gasteiger partial charge in [0.1, 0.15) is 5.75 Å². The molecule has 4 nitrogen and oxygen atoms in total. The Labute approximate surface area is 127 Å². The minimum absolute atomic E-state index is 0.413. The van der Waals surface area contributed by atoms with Crippen LogP contribution in [0.3, 0.4) is 0 Å². The van der Waals surface area contributed by atoms with Crippen LogP contribution >= 0.6 is 0 Å². The molecule has 0 saturated carbocycles. The second-order valence-electron chi connectivity index (χ2n) is 5.13. The van der Waals surface area contributed by atoms with Crippen LogP contribution in [-0.4, -0.2) is 16.3 Å². The minimum Gasteiger partial charge on any atom is -0.454 e. The molecule has 0 aliphatic rings. The monoisotopic (exact) mass is 287 g/mol. The molecular formula is C17H25N3O. The van der Waals surface area contributed by atoms with E-state index in [1.165, 1.54) is 5.56 Å². The largest absolute Gasteiger partial charge is 0.454 e. The van der Waals surface area contributed by atoms with Crippen molar-refractivity contribution in [3.8, 4) is 11.5 Å². The van der Waals surface area contributed by atoms with Crippen LogP contribution in [0.1, 0.15) is 45.2 Å². The van der Waals surface area contributed by atoms with Gasteiger partial charge in [0.25, 0.3) is 0 Å². The quantitative estimate of drug-likeness (QED) is 0.793. The van der Waals surface area contributed by atoms with Crippen LogP contribution in [0.5, 0.6) is 11.5 Å². The Morgan fingerprint density at radius 3 is 2.52 bits per heavy atom. The van der Waals surface area contributed by atoms with Crippen LogP contribution in [0.2, 0.25) is 0 Å². The molecule has 1 aromatic heterocycles. The van der Waals surface area contributed by atoms with Gasteiger partial charge in [-0.2, -0.15) is 5.10 Å². The topological polar surface area (TPSA) is 39.1 Å². The summed E-state index contributed by atoms with van der Waals surface area (Å²) in [6, 6.07) is 8.71. The van der Waals surface area contributed by atoms with Gasteiger partial charge >= 0.3 is 0 Å². The Morgan fingerprint density at radius 2 is 1.90 bits per heavy atom. The van der Waals surface area contributed by atoms with Crippen LogP contribution in [0.25, 0.3) is 0 Å². The number of benzene rings is 1. The third-order valence-electron chi connectivity index (χ3n) is 3.44. The molecule has 0 aliphatic carbocycles. The molecule has 114 valence electrons. The molecule has 1 aromatic carbocycles. The first kappa shape index (κ1) is 15.6. The summed E-state index contributed by atoms with van der Waals surface area (Å²) in [7, 11) is 0. The van der Waals surface area contributed by atoms with Gasteiger partial charge in [-0.05, 0) is 37.1 Å². The smallest absolute Gasteiger partial charge is 0.165 e. The molecule has 21 heavy (non-hydrogen) atoms. The lowest BCUT2D eigenvalue weighted by Crippen LogP contribution is -2.19. The molecule has 2 aromatic rings. The fraction of sp³-hybridized carbons (Fsp3) is 0.471. The fourth-order valence-electron chi connectivity index (χ4n) is 2.40. The van der Waals surface area contributed by atoms with Gasteiger partial charge in [0.05, 0.1) is 12.4 Å². The van der Waals surface area contributed by atoms with E-state index in [0.717, 1.165) is 37.4 Å². The lowest BCUT2D eigenvalue weighted by atomic mass is 10.0. The van der Waals surface area contributed by atoms with E-state index in [1.54, 1.807) is 6.20 Å². The second-order valence-corrected chi connectivity index (χ2v) is 5.13. The van der Waals surface area contributed by atoms with E-state index in [2.05, 4.69) is 43.3 Å². The average molecular weight is 287 g/mol. The summed E-state index contributed by atoms with van der Waals surface area (Å²) in [6.45, 7) is 8.36. The van der Waals surface area contributed by atoms with Crippen molar-refractivity contribution >= 4 is 0 Å². The maximum atomic E-state index is 5.83. The van der Waals surface area contributed by atoms with E-state index in [0.29, 0.717) is 6.04 Å². The minimum atomic E-state index is 0.413. The van der Waals surface area contributed by atoms with Gasteiger partial charge in [-0.3, -0.25) is 4.68 Å². The SMILES string of the molecule is CCCn1cc(Oc2ccc(C(CC)NCC)cc2)cn1. The molecule has 0 saturated heterocycles. The van der Waals surface area contributed by atoms with E-state index in [9.17, 15) is 0 Å². The summed E-state index contributed by atoms with van der Waals surface area (Å²) in [4.78, 5) is 0. The molecular weight excluding hydrogens is 262 g/mol. The van der Waals surface area contributed by atoms with Crippen molar-refractivity contribution in [3.63, 3.8) is 0 Å². The van der Waals surface area contributed by atoms with Crippen LogP contribution < -0.4 is 10.1 Å². The number of ether oxygens (including phenoxy) is 1. The lowest BCUT2D eigenvalue weighted by molar-refractivity contribution is 0.479. The van der Waals surface area contributed by atoms with Gasteiger partial charge in [-0.1, -0.05) is 32.9 Å². The highest BCUT2D eigenvalue weighted by atomic mass is 16.5. The molecule has 2 rings (SSSR count). The first-order valence-electron chi connectivity index (χ1n) is 7.80. The molecule has 1 N–H and O–H groups in total. The predicted molar refractivity (Wildman–Crippen MR) is 85.7 cm³/mol. The molecule has 0 amide bonds. The molecule has 0 aliphatic heterocycles. The van der Waals surface area contributed by atoms with Crippen molar-refractivity contribution in [1.29, 1.82) is 0 Å². The van der Waals surface area contributed by atoms with Gasteiger partial charge in [0, 0.05) is 12.6 Å².